The Labute approximate surface area is 198 Å². The second-order valence-corrected chi connectivity index (χ2v) is 8.32. The second-order valence-electron chi connectivity index (χ2n) is 8.32. The summed E-state index contributed by atoms with van der Waals surface area (Å²) in [6, 6.07) is 15.7. The SMILES string of the molecule is O=C(CN1CCc2ccccc2C1)Nc1ccc(C(=O)N2CCCCC2)cc1.O=C(O)C(=O)O. The molecule has 0 aromatic heterocycles. The van der Waals surface area contributed by atoms with Crippen LogP contribution in [-0.2, 0) is 27.3 Å². The molecule has 0 bridgehead atoms. The Morgan fingerprint density at radius 2 is 1.41 bits per heavy atom. The monoisotopic (exact) mass is 467 g/mol. The van der Waals surface area contributed by atoms with Gasteiger partial charge in [-0.15, -0.1) is 0 Å². The van der Waals surface area contributed by atoms with Crippen LogP contribution in [0, 0.1) is 0 Å². The summed E-state index contributed by atoms with van der Waals surface area (Å²) in [6.45, 7) is 3.77. The number of hydrogen-bond acceptors (Lipinski definition) is 5. The van der Waals surface area contributed by atoms with Gasteiger partial charge in [0, 0.05) is 37.4 Å². The molecule has 0 radical (unpaired) electrons. The van der Waals surface area contributed by atoms with Crippen LogP contribution in [0.25, 0.3) is 0 Å². The molecule has 2 aromatic carbocycles. The average molecular weight is 468 g/mol. The molecule has 34 heavy (non-hydrogen) atoms. The lowest BCUT2D eigenvalue weighted by molar-refractivity contribution is -0.159. The minimum atomic E-state index is -1.82. The molecule has 0 saturated carbocycles. The van der Waals surface area contributed by atoms with Gasteiger partial charge in [-0.3, -0.25) is 14.5 Å². The standard InChI is InChI=1S/C23H27N3O2.C2H2O4/c27-22(17-25-15-12-18-6-2-3-7-20(18)16-25)24-21-10-8-19(9-11-21)23(28)26-13-4-1-5-14-26;3-1(4)2(5)6/h2-3,6-11H,1,4-5,12-17H2,(H,24,27);(H,3,4)(H,5,6). The summed E-state index contributed by atoms with van der Waals surface area (Å²) in [5.74, 6) is -3.58. The molecule has 0 unspecified atom stereocenters. The van der Waals surface area contributed by atoms with Crippen LogP contribution >= 0.6 is 0 Å². The third-order valence-corrected chi connectivity index (χ3v) is 5.82. The highest BCUT2D eigenvalue weighted by Crippen LogP contribution is 2.19. The number of carbonyl (C=O) groups is 4. The van der Waals surface area contributed by atoms with E-state index in [1.54, 1.807) is 0 Å². The lowest BCUT2D eigenvalue weighted by atomic mass is 10.00. The molecule has 2 heterocycles. The fourth-order valence-corrected chi connectivity index (χ4v) is 4.07. The van der Waals surface area contributed by atoms with Gasteiger partial charge in [-0.2, -0.15) is 0 Å². The third-order valence-electron chi connectivity index (χ3n) is 5.82. The van der Waals surface area contributed by atoms with Crippen molar-refractivity contribution < 1.29 is 29.4 Å². The van der Waals surface area contributed by atoms with Crippen molar-refractivity contribution in [1.82, 2.24) is 9.80 Å². The van der Waals surface area contributed by atoms with Crippen molar-refractivity contribution >= 4 is 29.4 Å². The van der Waals surface area contributed by atoms with Gasteiger partial charge >= 0.3 is 11.9 Å². The molecule has 9 heteroatoms. The van der Waals surface area contributed by atoms with Crippen molar-refractivity contribution in [3.63, 3.8) is 0 Å². The van der Waals surface area contributed by atoms with Gasteiger partial charge in [0.05, 0.1) is 6.54 Å². The number of amides is 2. The smallest absolute Gasteiger partial charge is 0.414 e. The summed E-state index contributed by atoms with van der Waals surface area (Å²) in [6.07, 6.45) is 4.36. The van der Waals surface area contributed by atoms with Crippen LogP contribution in [0.15, 0.2) is 48.5 Å². The van der Waals surface area contributed by atoms with Gasteiger partial charge < -0.3 is 20.4 Å². The number of piperidine rings is 1. The zero-order chi connectivity index (χ0) is 24.5. The average Bonchev–Trinajstić information content (AvgIpc) is 2.85. The fourth-order valence-electron chi connectivity index (χ4n) is 4.07. The molecule has 2 amide bonds. The molecule has 0 spiro atoms. The maximum Gasteiger partial charge on any atom is 0.414 e. The maximum absolute atomic E-state index is 12.5. The van der Waals surface area contributed by atoms with E-state index in [9.17, 15) is 9.59 Å². The molecule has 2 aliphatic rings. The molecule has 1 fully saturated rings. The Morgan fingerprint density at radius 3 is 2.03 bits per heavy atom. The molecular weight excluding hydrogens is 438 g/mol. The first kappa shape index (κ1) is 24.9. The van der Waals surface area contributed by atoms with Crippen molar-refractivity contribution in [2.24, 2.45) is 0 Å². The molecule has 1 saturated heterocycles. The van der Waals surface area contributed by atoms with Crippen LogP contribution in [0.4, 0.5) is 5.69 Å². The van der Waals surface area contributed by atoms with Crippen molar-refractivity contribution in [2.75, 3.05) is 31.5 Å². The summed E-state index contributed by atoms with van der Waals surface area (Å²) < 4.78 is 0. The number of carbonyl (C=O) groups excluding carboxylic acids is 2. The van der Waals surface area contributed by atoms with Crippen molar-refractivity contribution in [3.05, 3.63) is 65.2 Å². The van der Waals surface area contributed by atoms with Crippen LogP contribution in [0.5, 0.6) is 0 Å². The summed E-state index contributed by atoms with van der Waals surface area (Å²) >= 11 is 0. The van der Waals surface area contributed by atoms with Gasteiger partial charge in [0.1, 0.15) is 0 Å². The minimum Gasteiger partial charge on any atom is -0.473 e. The predicted octanol–water partition coefficient (Wildman–Crippen LogP) is 2.47. The maximum atomic E-state index is 12.5. The summed E-state index contributed by atoms with van der Waals surface area (Å²) in [5, 5.41) is 17.7. The zero-order valence-electron chi connectivity index (χ0n) is 18.9. The van der Waals surface area contributed by atoms with E-state index in [0.717, 1.165) is 51.1 Å². The van der Waals surface area contributed by atoms with E-state index < -0.39 is 11.9 Å². The van der Waals surface area contributed by atoms with Crippen molar-refractivity contribution in [3.8, 4) is 0 Å². The molecule has 0 aliphatic carbocycles. The highest BCUT2D eigenvalue weighted by Gasteiger charge is 2.19. The van der Waals surface area contributed by atoms with Crippen LogP contribution in [-0.4, -0.2) is 69.9 Å². The van der Waals surface area contributed by atoms with Gasteiger partial charge in [-0.25, -0.2) is 9.59 Å². The number of nitrogens with zero attached hydrogens (tertiary/aromatic N) is 2. The summed E-state index contributed by atoms with van der Waals surface area (Å²) in [5.41, 5.74) is 4.11. The molecule has 0 atom stereocenters. The molecule has 2 aromatic rings. The normalized spacial score (nSPS) is 15.4. The highest BCUT2D eigenvalue weighted by atomic mass is 16.4. The lowest BCUT2D eigenvalue weighted by Crippen LogP contribution is -2.37. The highest BCUT2D eigenvalue weighted by molar-refractivity contribution is 6.27. The largest absolute Gasteiger partial charge is 0.473 e. The Hall–Kier alpha value is -3.72. The zero-order valence-corrected chi connectivity index (χ0v) is 18.9. The Balaban J connectivity index is 0.000000481. The van der Waals surface area contributed by atoms with Gasteiger partial charge in [0.15, 0.2) is 0 Å². The van der Waals surface area contributed by atoms with Crippen LogP contribution in [0.2, 0.25) is 0 Å². The van der Waals surface area contributed by atoms with Gasteiger partial charge in [0.25, 0.3) is 5.91 Å². The first-order valence-corrected chi connectivity index (χ1v) is 11.3. The van der Waals surface area contributed by atoms with Gasteiger partial charge in [-0.1, -0.05) is 24.3 Å². The van der Waals surface area contributed by atoms with Crippen LogP contribution in [0.1, 0.15) is 40.7 Å². The number of fused-ring (bicyclic) bond motifs is 1. The number of carboxylic acids is 2. The molecule has 4 rings (SSSR count). The molecular formula is C25H29N3O6. The predicted molar refractivity (Wildman–Crippen MR) is 126 cm³/mol. The number of hydrogen-bond donors (Lipinski definition) is 3. The van der Waals surface area contributed by atoms with Crippen LogP contribution < -0.4 is 5.32 Å². The van der Waals surface area contributed by atoms with E-state index in [1.807, 2.05) is 29.2 Å². The Kier molecular flexibility index (Phi) is 8.75. The molecule has 180 valence electrons. The number of rotatable bonds is 4. The molecule has 9 nitrogen and oxygen atoms in total. The van der Waals surface area contributed by atoms with E-state index in [1.165, 1.54) is 17.5 Å². The number of aliphatic carboxylic acids is 2. The van der Waals surface area contributed by atoms with Crippen molar-refractivity contribution in [1.29, 1.82) is 0 Å². The fraction of sp³-hybridized carbons (Fsp3) is 0.360. The minimum absolute atomic E-state index is 0.0190. The Morgan fingerprint density at radius 1 is 0.794 bits per heavy atom. The van der Waals surface area contributed by atoms with E-state index in [4.69, 9.17) is 19.8 Å². The third kappa shape index (κ3) is 7.14. The number of carboxylic acid groups (broad SMARTS) is 2. The number of anilines is 1. The number of benzene rings is 2. The summed E-state index contributed by atoms with van der Waals surface area (Å²) in [4.78, 5) is 47.3. The summed E-state index contributed by atoms with van der Waals surface area (Å²) in [7, 11) is 0. The van der Waals surface area contributed by atoms with E-state index >= 15 is 0 Å². The first-order chi connectivity index (χ1) is 16.3. The van der Waals surface area contributed by atoms with E-state index in [0.29, 0.717) is 12.1 Å². The van der Waals surface area contributed by atoms with Crippen molar-refractivity contribution in [2.45, 2.75) is 32.2 Å². The quantitative estimate of drug-likeness (QED) is 0.590. The van der Waals surface area contributed by atoms with E-state index in [2.05, 4.69) is 34.5 Å². The number of likely N-dealkylation sites (tertiary alicyclic amines) is 1. The second kappa shape index (κ2) is 11.9. The molecule has 2 aliphatic heterocycles. The number of nitrogens with one attached hydrogen (secondary N) is 1. The topological polar surface area (TPSA) is 127 Å². The molecule has 3 N–H and O–H groups in total. The van der Waals surface area contributed by atoms with Gasteiger partial charge in [-0.05, 0) is 61.1 Å². The Bertz CT molecular complexity index is 1020. The van der Waals surface area contributed by atoms with Crippen LogP contribution in [0.3, 0.4) is 0 Å². The van der Waals surface area contributed by atoms with Gasteiger partial charge in [0.2, 0.25) is 5.91 Å². The van der Waals surface area contributed by atoms with E-state index in [-0.39, 0.29) is 11.8 Å². The first-order valence-electron chi connectivity index (χ1n) is 11.3. The lowest BCUT2D eigenvalue weighted by Gasteiger charge is -2.28.